The zero-order valence-electron chi connectivity index (χ0n) is 25.2. The maximum absolute atomic E-state index is 14.2. The number of rotatable bonds is 20. The Bertz CT molecular complexity index is 1270. The van der Waals surface area contributed by atoms with Crippen LogP contribution in [0.5, 0.6) is 0 Å². The molecule has 0 rings (SSSR count). The van der Waals surface area contributed by atoms with E-state index in [0.717, 1.165) is 0 Å². The molecule has 54 heavy (non-hydrogen) atoms. The molecule has 0 saturated carbocycles. The van der Waals surface area contributed by atoms with Crippen molar-refractivity contribution in [2.24, 2.45) is 0 Å². The van der Waals surface area contributed by atoms with Crippen LogP contribution in [0.4, 0.5) is 114 Å². The fraction of sp³-hybridized carbons (Fsp3) is 0.833. The molecule has 30 heteroatoms. The number of alkyl halides is 26. The average molecular weight is 864 g/mol. The van der Waals surface area contributed by atoms with Gasteiger partial charge < -0.3 is 10.2 Å². The molecule has 0 aliphatic carbocycles. The Morgan fingerprint density at radius 1 is 0.333 bits per heavy atom. The van der Waals surface area contributed by atoms with Gasteiger partial charge in [0.25, 0.3) is 23.7 Å². The quantitative estimate of drug-likeness (QED) is 0.0944. The number of aliphatic carboxylic acids is 2. The second-order valence-corrected chi connectivity index (χ2v) is 11.4. The molecule has 2 N–H and O–H groups in total. The van der Waals surface area contributed by atoms with E-state index in [1.807, 2.05) is 0 Å². The summed E-state index contributed by atoms with van der Waals surface area (Å²) in [6.45, 7) is 0. The molecule has 0 aromatic heterocycles. The number of carboxylic acid groups (broad SMARTS) is 2. The van der Waals surface area contributed by atoms with E-state index < -0.39 is 146 Å². The Kier molecular flexibility index (Phi) is 14.2. The smallest absolute Gasteiger partial charge is 0.460 e. The van der Waals surface area contributed by atoms with Crippen molar-refractivity contribution in [2.75, 3.05) is 0 Å². The highest BCUT2D eigenvalue weighted by Gasteiger charge is 2.83. The van der Waals surface area contributed by atoms with Gasteiger partial charge in [-0.3, -0.25) is 0 Å². The Morgan fingerprint density at radius 3 is 0.741 bits per heavy atom. The summed E-state index contributed by atoms with van der Waals surface area (Å²) >= 11 is 0. The van der Waals surface area contributed by atoms with Gasteiger partial charge in [-0.15, -0.1) is 0 Å². The van der Waals surface area contributed by atoms with Gasteiger partial charge in [0.2, 0.25) is 0 Å². The van der Waals surface area contributed by atoms with Crippen molar-refractivity contribution in [3.63, 3.8) is 0 Å². The summed E-state index contributed by atoms with van der Waals surface area (Å²) < 4.78 is 344. The Morgan fingerprint density at radius 2 is 0.556 bits per heavy atom. The van der Waals surface area contributed by atoms with Crippen molar-refractivity contribution in [1.29, 1.82) is 0 Å². The number of halogens is 26. The number of hydrogen-bond donors (Lipinski definition) is 2. The third-order valence-corrected chi connectivity index (χ3v) is 6.78. The highest BCUT2D eigenvalue weighted by molar-refractivity contribution is 5.98. The van der Waals surface area contributed by atoms with E-state index in [0.29, 0.717) is 0 Å². The van der Waals surface area contributed by atoms with E-state index in [-0.39, 0.29) is 0 Å². The lowest BCUT2D eigenvalue weighted by Crippen LogP contribution is -2.62. The molecule has 0 spiro atoms. The van der Waals surface area contributed by atoms with Gasteiger partial charge in [-0.05, 0) is 12.8 Å². The highest BCUT2D eigenvalue weighted by Crippen LogP contribution is 2.58. The van der Waals surface area contributed by atoms with Crippen molar-refractivity contribution in [1.82, 2.24) is 0 Å². The van der Waals surface area contributed by atoms with Gasteiger partial charge in [0.05, 0.1) is 25.7 Å². The van der Waals surface area contributed by atoms with E-state index in [1.165, 1.54) is 0 Å². The normalized spacial score (nSPS) is 16.0. The van der Waals surface area contributed by atoms with Crippen LogP contribution in [0.25, 0.3) is 0 Å². The summed E-state index contributed by atoms with van der Waals surface area (Å²) in [7, 11) is 0. The first kappa shape index (κ1) is 50.9. The van der Waals surface area contributed by atoms with Crippen LogP contribution in [0.1, 0.15) is 51.4 Å². The SMILES string of the molecule is O=C(O)/C(CCC(F)(F)CC(F)(F)CC(F)(F)C(F)(F)C(F)(F)C(F)(F)F)=C(/CCC(F)(F)CC(F)(F)CC(F)(F)C(F)(F)C(F)(F)C(F)(F)F)C(=O)O. The van der Waals surface area contributed by atoms with Crippen LogP contribution >= 0.6 is 0 Å². The Labute approximate surface area is 281 Å². The molecule has 0 radical (unpaired) electrons. The fourth-order valence-electron chi connectivity index (χ4n) is 4.14. The zero-order chi connectivity index (χ0) is 44.0. The molecule has 0 unspecified atom stereocenters. The van der Waals surface area contributed by atoms with Gasteiger partial charge in [-0.1, -0.05) is 0 Å². The predicted molar refractivity (Wildman–Crippen MR) is 121 cm³/mol. The van der Waals surface area contributed by atoms with Gasteiger partial charge in [-0.25, -0.2) is 44.7 Å². The maximum Gasteiger partial charge on any atom is 0.460 e. The molecule has 0 atom stereocenters. The molecule has 0 heterocycles. The predicted octanol–water partition coefficient (Wildman–Crippen LogP) is 11.1. The van der Waals surface area contributed by atoms with Gasteiger partial charge in [0.1, 0.15) is 0 Å². The first-order chi connectivity index (χ1) is 23.2. The lowest BCUT2D eigenvalue weighted by atomic mass is 9.91. The van der Waals surface area contributed by atoms with Gasteiger partial charge >= 0.3 is 59.8 Å². The highest BCUT2D eigenvalue weighted by atomic mass is 19.4. The van der Waals surface area contributed by atoms with E-state index in [2.05, 4.69) is 0 Å². The molecular weight excluding hydrogens is 846 g/mol. The lowest BCUT2D eigenvalue weighted by molar-refractivity contribution is -0.401. The summed E-state index contributed by atoms with van der Waals surface area (Å²) in [5.41, 5.74) is -4.15. The van der Waals surface area contributed by atoms with Crippen LogP contribution in [0.2, 0.25) is 0 Å². The van der Waals surface area contributed by atoms with Crippen molar-refractivity contribution in [3.05, 3.63) is 11.1 Å². The Balaban J connectivity index is 6.20. The average Bonchev–Trinajstić information content (AvgIpc) is 2.85. The largest absolute Gasteiger partial charge is 0.478 e. The zero-order valence-corrected chi connectivity index (χ0v) is 25.2. The maximum atomic E-state index is 14.2. The molecule has 0 aromatic carbocycles. The molecule has 0 fully saturated rings. The molecule has 0 saturated heterocycles. The molecule has 320 valence electrons. The second kappa shape index (κ2) is 15.1. The topological polar surface area (TPSA) is 74.6 Å². The molecule has 0 bridgehead atoms. The molecular formula is C24H18F26O4. The monoisotopic (exact) mass is 864 g/mol. The van der Waals surface area contributed by atoms with E-state index in [4.69, 9.17) is 10.2 Å². The summed E-state index contributed by atoms with van der Waals surface area (Å²) in [6.07, 6.45) is -39.8. The minimum atomic E-state index is -7.74. The van der Waals surface area contributed by atoms with Gasteiger partial charge in [0.15, 0.2) is 0 Å². The summed E-state index contributed by atoms with van der Waals surface area (Å²) in [5.74, 6) is -73.6. The number of carboxylic acids is 2. The molecule has 0 amide bonds. The van der Waals surface area contributed by atoms with Crippen molar-refractivity contribution < 1.29 is 134 Å². The van der Waals surface area contributed by atoms with Crippen LogP contribution < -0.4 is 0 Å². The summed E-state index contributed by atoms with van der Waals surface area (Å²) in [6, 6.07) is 0. The van der Waals surface area contributed by atoms with Crippen LogP contribution in [0.15, 0.2) is 11.1 Å². The third-order valence-electron chi connectivity index (χ3n) is 6.78. The van der Waals surface area contributed by atoms with Crippen molar-refractivity contribution >= 4 is 11.9 Å². The molecule has 0 aromatic rings. The van der Waals surface area contributed by atoms with E-state index in [1.54, 1.807) is 0 Å². The Hall–Kier alpha value is -3.14. The summed E-state index contributed by atoms with van der Waals surface area (Å²) in [4.78, 5) is 22.8. The minimum absolute atomic E-state index is 2.07. The van der Waals surface area contributed by atoms with Crippen LogP contribution in [-0.2, 0) is 9.59 Å². The van der Waals surface area contributed by atoms with E-state index in [9.17, 15) is 124 Å². The van der Waals surface area contributed by atoms with Crippen LogP contribution in [0.3, 0.4) is 0 Å². The van der Waals surface area contributed by atoms with Crippen LogP contribution in [-0.4, -0.2) is 93.7 Å². The molecule has 4 nitrogen and oxygen atoms in total. The first-order valence-electron chi connectivity index (χ1n) is 13.3. The number of carbonyl (C=O) groups is 2. The van der Waals surface area contributed by atoms with Gasteiger partial charge in [0, 0.05) is 24.0 Å². The van der Waals surface area contributed by atoms with Crippen LogP contribution in [0, 0.1) is 0 Å². The van der Waals surface area contributed by atoms with Crippen molar-refractivity contribution in [3.8, 4) is 0 Å². The van der Waals surface area contributed by atoms with E-state index >= 15 is 0 Å². The lowest BCUT2D eigenvalue weighted by Gasteiger charge is -2.35. The minimum Gasteiger partial charge on any atom is -0.478 e. The molecule has 0 aliphatic heterocycles. The fourth-order valence-corrected chi connectivity index (χ4v) is 4.14. The summed E-state index contributed by atoms with van der Waals surface area (Å²) in [5, 5.41) is 18.2. The standard InChI is InChI=1S/C24H18F26O4/c25-13(26,5-15(29,30)7-17(33,34)19(37,38)21(41,42)23(45,46)47)3-1-9(11(51)52)10(12(53)54)2-4-14(27,28)6-16(31,32)8-18(35,36)20(39,40)22(43,44)24(48,49)50/h1-8H2,(H,51,52)(H,53,54)/b10-9-. The second-order valence-electron chi connectivity index (χ2n) is 11.4. The number of hydrogen-bond acceptors (Lipinski definition) is 2. The van der Waals surface area contributed by atoms with Crippen molar-refractivity contribution in [2.45, 2.75) is 123 Å². The van der Waals surface area contributed by atoms with Gasteiger partial charge in [-0.2, -0.15) is 79.0 Å². The first-order valence-corrected chi connectivity index (χ1v) is 13.3. The third kappa shape index (κ3) is 11.5. The molecule has 0 aliphatic rings.